The molecule has 2 N–H and O–H groups in total. The molecule has 140 valence electrons. The van der Waals surface area contributed by atoms with Crippen LogP contribution in [-0.2, 0) is 10.0 Å². The second-order valence-electron chi connectivity index (χ2n) is 7.37. The van der Waals surface area contributed by atoms with Gasteiger partial charge in [-0.15, -0.1) is 0 Å². The first-order valence-electron chi connectivity index (χ1n) is 9.03. The van der Waals surface area contributed by atoms with Crippen LogP contribution in [0.5, 0.6) is 0 Å². The maximum atomic E-state index is 13.1. The van der Waals surface area contributed by atoms with Crippen LogP contribution in [0.3, 0.4) is 0 Å². The smallest absolute Gasteiger partial charge is 0.323 e. The second-order valence-corrected chi connectivity index (χ2v) is 9.31. The third kappa shape index (κ3) is 2.76. The molecular weight excluding hydrogens is 364 g/mol. The van der Waals surface area contributed by atoms with Crippen molar-refractivity contribution in [1.29, 1.82) is 0 Å². The van der Waals surface area contributed by atoms with Crippen LogP contribution in [0.2, 0.25) is 0 Å². The number of aromatic nitrogens is 2. The largest absolute Gasteiger partial charge is 0.371 e. The van der Waals surface area contributed by atoms with Crippen LogP contribution >= 0.6 is 0 Å². The number of nitrogens with zero attached hydrogens (tertiary/aromatic N) is 2. The van der Waals surface area contributed by atoms with Gasteiger partial charge in [0.25, 0.3) is 0 Å². The molecule has 2 saturated heterocycles. The van der Waals surface area contributed by atoms with Crippen LogP contribution in [0.4, 0.5) is 5.69 Å². The quantitative estimate of drug-likeness (QED) is 0.718. The van der Waals surface area contributed by atoms with E-state index in [0.29, 0.717) is 36.0 Å². The Bertz CT molecular complexity index is 1140. The molecule has 0 radical (unpaired) electrons. The minimum Gasteiger partial charge on any atom is -0.371 e. The molecule has 27 heavy (non-hydrogen) atoms. The van der Waals surface area contributed by atoms with Crippen molar-refractivity contribution >= 4 is 26.7 Å². The van der Waals surface area contributed by atoms with E-state index >= 15 is 0 Å². The minimum absolute atomic E-state index is 0.227. The third-order valence-corrected chi connectivity index (χ3v) is 7.53. The van der Waals surface area contributed by atoms with E-state index in [0.717, 1.165) is 13.1 Å². The summed E-state index contributed by atoms with van der Waals surface area (Å²) in [5.74, 6) is 0.687. The van der Waals surface area contributed by atoms with E-state index in [1.54, 1.807) is 16.4 Å². The van der Waals surface area contributed by atoms with Gasteiger partial charge in [-0.1, -0.05) is 18.2 Å². The Hall–Kier alpha value is -2.58. The molecule has 3 heterocycles. The summed E-state index contributed by atoms with van der Waals surface area (Å²) in [4.78, 5) is 19.2. The van der Waals surface area contributed by atoms with Gasteiger partial charge >= 0.3 is 5.69 Å². The normalized spacial score (nSPS) is 23.2. The molecule has 2 unspecified atom stereocenters. The van der Waals surface area contributed by atoms with Gasteiger partial charge in [-0.25, -0.2) is 13.2 Å². The number of benzene rings is 2. The highest BCUT2D eigenvalue weighted by molar-refractivity contribution is 7.89. The number of hydrogen-bond donors (Lipinski definition) is 2. The zero-order valence-corrected chi connectivity index (χ0v) is 15.4. The first-order valence-corrected chi connectivity index (χ1v) is 10.5. The fourth-order valence-electron chi connectivity index (χ4n) is 4.32. The fourth-order valence-corrected chi connectivity index (χ4v) is 5.90. The van der Waals surface area contributed by atoms with E-state index in [-0.39, 0.29) is 10.6 Å². The maximum absolute atomic E-state index is 13.1. The van der Waals surface area contributed by atoms with Crippen molar-refractivity contribution in [1.82, 2.24) is 14.3 Å². The monoisotopic (exact) mass is 384 g/mol. The zero-order chi connectivity index (χ0) is 18.6. The lowest BCUT2D eigenvalue weighted by Crippen LogP contribution is -2.33. The first kappa shape index (κ1) is 16.6. The zero-order valence-electron chi connectivity index (χ0n) is 14.6. The number of aromatic amines is 2. The number of imidazole rings is 1. The summed E-state index contributed by atoms with van der Waals surface area (Å²) < 4.78 is 27.7. The van der Waals surface area contributed by atoms with E-state index in [1.165, 1.54) is 11.8 Å². The average Bonchev–Trinajstić information content (AvgIpc) is 3.33. The standard InChI is InChI=1S/C19H20N4O3S/c24-19-20-17-7-6-16(8-18(17)21-19)27(25,26)23-11-13-9-22(10-14(13)12-23)15-4-2-1-3-5-15/h1-8,13-14H,9-12H2,(H2,20,21,24). The Labute approximate surface area is 156 Å². The number of nitrogens with one attached hydrogen (secondary N) is 2. The van der Waals surface area contributed by atoms with Gasteiger partial charge in [0.2, 0.25) is 10.0 Å². The molecule has 0 bridgehead atoms. The summed E-state index contributed by atoms with van der Waals surface area (Å²) in [7, 11) is -3.57. The molecule has 0 saturated carbocycles. The van der Waals surface area contributed by atoms with Gasteiger partial charge in [0, 0.05) is 31.9 Å². The predicted octanol–water partition coefficient (Wildman–Crippen LogP) is 1.61. The molecule has 2 aliphatic heterocycles. The van der Waals surface area contributed by atoms with Crippen LogP contribution in [0.25, 0.3) is 11.0 Å². The van der Waals surface area contributed by atoms with Crippen LogP contribution in [-0.4, -0.2) is 48.9 Å². The lowest BCUT2D eigenvalue weighted by Gasteiger charge is -2.23. The summed E-state index contributed by atoms with van der Waals surface area (Å²) in [6, 6.07) is 15.0. The van der Waals surface area contributed by atoms with Crippen molar-refractivity contribution in [2.45, 2.75) is 4.90 Å². The molecule has 3 aromatic rings. The molecule has 2 fully saturated rings. The summed E-state index contributed by atoms with van der Waals surface area (Å²) in [6.45, 7) is 2.84. The number of anilines is 1. The highest BCUT2D eigenvalue weighted by Gasteiger charge is 2.44. The Balaban J connectivity index is 1.36. The van der Waals surface area contributed by atoms with Crippen molar-refractivity contribution in [2.75, 3.05) is 31.1 Å². The van der Waals surface area contributed by atoms with Gasteiger partial charge in [0.15, 0.2) is 0 Å². The molecule has 2 aliphatic rings. The Morgan fingerprint density at radius 1 is 0.852 bits per heavy atom. The molecule has 0 amide bonds. The minimum atomic E-state index is -3.57. The molecule has 2 atom stereocenters. The van der Waals surface area contributed by atoms with Crippen molar-refractivity contribution < 1.29 is 8.42 Å². The van der Waals surface area contributed by atoms with Crippen molar-refractivity contribution in [2.24, 2.45) is 11.8 Å². The Morgan fingerprint density at radius 2 is 1.52 bits per heavy atom. The number of sulfonamides is 1. The summed E-state index contributed by atoms with van der Waals surface area (Å²) >= 11 is 0. The third-order valence-electron chi connectivity index (χ3n) is 5.70. The highest BCUT2D eigenvalue weighted by atomic mass is 32.2. The average molecular weight is 384 g/mol. The molecule has 1 aromatic heterocycles. The van der Waals surface area contributed by atoms with Crippen LogP contribution in [0.1, 0.15) is 0 Å². The Kier molecular flexibility index (Phi) is 3.66. The van der Waals surface area contributed by atoms with Crippen molar-refractivity contribution in [3.05, 3.63) is 59.0 Å². The maximum Gasteiger partial charge on any atom is 0.323 e. The fraction of sp³-hybridized carbons (Fsp3) is 0.316. The number of fused-ring (bicyclic) bond motifs is 2. The predicted molar refractivity (Wildman–Crippen MR) is 103 cm³/mol. The van der Waals surface area contributed by atoms with Gasteiger partial charge in [0.1, 0.15) is 0 Å². The van der Waals surface area contributed by atoms with Gasteiger partial charge in [-0.2, -0.15) is 4.31 Å². The molecule has 7 nitrogen and oxygen atoms in total. The van der Waals surface area contributed by atoms with Crippen LogP contribution < -0.4 is 10.6 Å². The molecule has 0 aliphatic carbocycles. The van der Waals surface area contributed by atoms with E-state index in [1.807, 2.05) is 18.2 Å². The van der Waals surface area contributed by atoms with E-state index in [4.69, 9.17) is 0 Å². The van der Waals surface area contributed by atoms with E-state index < -0.39 is 10.0 Å². The lowest BCUT2D eigenvalue weighted by atomic mass is 10.0. The van der Waals surface area contributed by atoms with Crippen molar-refractivity contribution in [3.8, 4) is 0 Å². The highest BCUT2D eigenvalue weighted by Crippen LogP contribution is 2.36. The van der Waals surface area contributed by atoms with Gasteiger partial charge in [-0.05, 0) is 42.2 Å². The van der Waals surface area contributed by atoms with Gasteiger partial charge < -0.3 is 14.9 Å². The summed E-state index contributed by atoms with van der Waals surface area (Å²) in [5, 5.41) is 0. The lowest BCUT2D eigenvalue weighted by molar-refractivity contribution is 0.453. The Morgan fingerprint density at radius 3 is 2.22 bits per heavy atom. The summed E-state index contributed by atoms with van der Waals surface area (Å²) in [6.07, 6.45) is 0. The summed E-state index contributed by atoms with van der Waals surface area (Å²) in [5.41, 5.74) is 1.98. The topological polar surface area (TPSA) is 89.3 Å². The van der Waals surface area contributed by atoms with E-state index in [9.17, 15) is 13.2 Å². The number of H-pyrrole nitrogens is 2. The van der Waals surface area contributed by atoms with Crippen LogP contribution in [0, 0.1) is 11.8 Å². The van der Waals surface area contributed by atoms with Crippen molar-refractivity contribution in [3.63, 3.8) is 0 Å². The number of hydrogen-bond acceptors (Lipinski definition) is 4. The SMILES string of the molecule is O=c1[nH]c2ccc(S(=O)(=O)N3CC4CN(c5ccccc5)CC4C3)cc2[nH]1. The van der Waals surface area contributed by atoms with Gasteiger partial charge in [0.05, 0.1) is 15.9 Å². The van der Waals surface area contributed by atoms with Gasteiger partial charge in [-0.3, -0.25) is 0 Å². The van der Waals surface area contributed by atoms with E-state index in [2.05, 4.69) is 27.0 Å². The second kappa shape index (κ2) is 5.97. The first-order chi connectivity index (χ1) is 13.0. The number of para-hydroxylation sites is 1. The number of rotatable bonds is 3. The molecule has 8 heteroatoms. The molecule has 5 rings (SSSR count). The molecular formula is C19H20N4O3S. The molecule has 0 spiro atoms. The molecule has 2 aromatic carbocycles. The van der Waals surface area contributed by atoms with Crippen LogP contribution in [0.15, 0.2) is 58.2 Å².